The minimum absolute atomic E-state index is 0.00253. The van der Waals surface area contributed by atoms with Crippen molar-refractivity contribution in [3.05, 3.63) is 34.3 Å². The highest BCUT2D eigenvalue weighted by Gasteiger charge is 2.23. The number of benzene rings is 1. The number of hydrogen-bond acceptors (Lipinski definition) is 2. The summed E-state index contributed by atoms with van der Waals surface area (Å²) in [6, 6.07) is 7.91. The van der Waals surface area contributed by atoms with E-state index in [-0.39, 0.29) is 16.8 Å². The molecule has 0 radical (unpaired) electrons. The van der Waals surface area contributed by atoms with Crippen molar-refractivity contribution in [2.24, 2.45) is 11.7 Å². The van der Waals surface area contributed by atoms with Crippen molar-refractivity contribution >= 4 is 39.0 Å². The molecule has 5 heteroatoms. The fourth-order valence-corrected chi connectivity index (χ4v) is 2.37. The molecular formula is C14H19BrN2OS. The molecule has 1 atom stereocenters. The van der Waals surface area contributed by atoms with Crippen LogP contribution >= 0.6 is 28.1 Å². The van der Waals surface area contributed by atoms with Crippen molar-refractivity contribution in [1.82, 2.24) is 4.90 Å². The van der Waals surface area contributed by atoms with Crippen LogP contribution < -0.4 is 5.73 Å². The van der Waals surface area contributed by atoms with Crippen LogP contribution in [0.5, 0.6) is 0 Å². The maximum absolute atomic E-state index is 12.3. The largest absolute Gasteiger partial charge is 0.393 e. The van der Waals surface area contributed by atoms with Crippen LogP contribution in [0.15, 0.2) is 28.7 Å². The molecule has 0 aliphatic rings. The van der Waals surface area contributed by atoms with E-state index in [4.69, 9.17) is 18.0 Å². The number of nitrogens with two attached hydrogens (primary N) is 1. The van der Waals surface area contributed by atoms with Gasteiger partial charge in [0.2, 0.25) is 5.91 Å². The highest BCUT2D eigenvalue weighted by molar-refractivity contribution is 9.10. The summed E-state index contributed by atoms with van der Waals surface area (Å²) >= 11 is 8.37. The van der Waals surface area contributed by atoms with Crippen molar-refractivity contribution in [3.8, 4) is 0 Å². The minimum atomic E-state index is -0.347. The van der Waals surface area contributed by atoms with E-state index < -0.39 is 0 Å². The molecule has 3 nitrogen and oxygen atoms in total. The van der Waals surface area contributed by atoms with Crippen molar-refractivity contribution in [3.63, 3.8) is 0 Å². The van der Waals surface area contributed by atoms with Gasteiger partial charge in [0.05, 0.1) is 10.9 Å². The topological polar surface area (TPSA) is 46.3 Å². The standard InChI is InChI=1S/C14H19BrN2OS/c1-3-4-12(13(16)19)14(18)17(2)9-10-5-7-11(15)8-6-10/h5-8,12H,3-4,9H2,1-2H3,(H2,16,19). The molecule has 0 aromatic heterocycles. The Kier molecular flexibility index (Phi) is 6.45. The van der Waals surface area contributed by atoms with Gasteiger partial charge in [-0.05, 0) is 24.1 Å². The number of rotatable bonds is 6. The number of halogens is 1. The number of carbonyl (C=O) groups is 1. The molecule has 0 heterocycles. The molecule has 0 fully saturated rings. The van der Waals surface area contributed by atoms with Crippen LogP contribution in [0.3, 0.4) is 0 Å². The van der Waals surface area contributed by atoms with Crippen LogP contribution in [-0.4, -0.2) is 22.8 Å². The molecule has 1 amide bonds. The summed E-state index contributed by atoms with van der Waals surface area (Å²) in [6.07, 6.45) is 1.60. The summed E-state index contributed by atoms with van der Waals surface area (Å²) in [5.74, 6) is -0.349. The lowest BCUT2D eigenvalue weighted by Crippen LogP contribution is -2.38. The average molecular weight is 343 g/mol. The van der Waals surface area contributed by atoms with E-state index in [1.165, 1.54) is 0 Å². The molecule has 1 unspecified atom stereocenters. The fourth-order valence-electron chi connectivity index (χ4n) is 1.88. The molecular weight excluding hydrogens is 324 g/mol. The molecule has 0 saturated heterocycles. The third-order valence-electron chi connectivity index (χ3n) is 2.93. The van der Waals surface area contributed by atoms with Gasteiger partial charge in [0.1, 0.15) is 0 Å². The van der Waals surface area contributed by atoms with Gasteiger partial charge in [-0.15, -0.1) is 0 Å². The van der Waals surface area contributed by atoms with Gasteiger partial charge in [-0.2, -0.15) is 0 Å². The molecule has 19 heavy (non-hydrogen) atoms. The number of carbonyl (C=O) groups excluding carboxylic acids is 1. The molecule has 0 aliphatic carbocycles. The van der Waals surface area contributed by atoms with Gasteiger partial charge >= 0.3 is 0 Å². The van der Waals surface area contributed by atoms with Crippen LogP contribution in [0.25, 0.3) is 0 Å². The monoisotopic (exact) mass is 342 g/mol. The van der Waals surface area contributed by atoms with Gasteiger partial charge in [-0.3, -0.25) is 4.79 Å². The molecule has 0 spiro atoms. The first-order valence-corrected chi connectivity index (χ1v) is 7.44. The predicted octanol–water partition coefficient (Wildman–Crippen LogP) is 3.11. The predicted molar refractivity (Wildman–Crippen MR) is 85.8 cm³/mol. The van der Waals surface area contributed by atoms with E-state index in [0.717, 1.165) is 16.5 Å². The SMILES string of the molecule is CCCC(C(=O)N(C)Cc1ccc(Br)cc1)C(N)=S. The van der Waals surface area contributed by atoms with Gasteiger partial charge in [0.25, 0.3) is 0 Å². The normalized spacial score (nSPS) is 11.9. The minimum Gasteiger partial charge on any atom is -0.393 e. The molecule has 0 bridgehead atoms. The summed E-state index contributed by atoms with van der Waals surface area (Å²) in [4.78, 5) is 14.3. The quantitative estimate of drug-likeness (QED) is 0.808. The third-order valence-corrected chi connectivity index (χ3v) is 3.74. The highest BCUT2D eigenvalue weighted by Crippen LogP contribution is 2.15. The van der Waals surface area contributed by atoms with E-state index in [0.29, 0.717) is 13.0 Å². The van der Waals surface area contributed by atoms with Crippen LogP contribution in [0, 0.1) is 5.92 Å². The second-order valence-electron chi connectivity index (χ2n) is 4.56. The second-order valence-corrected chi connectivity index (χ2v) is 5.95. The summed E-state index contributed by atoms with van der Waals surface area (Å²) in [6.45, 7) is 2.59. The van der Waals surface area contributed by atoms with Crippen LogP contribution in [-0.2, 0) is 11.3 Å². The van der Waals surface area contributed by atoms with Crippen molar-refractivity contribution in [2.75, 3.05) is 7.05 Å². The Hall–Kier alpha value is -0.940. The first-order valence-electron chi connectivity index (χ1n) is 6.24. The summed E-state index contributed by atoms with van der Waals surface area (Å²) in [7, 11) is 1.78. The van der Waals surface area contributed by atoms with Crippen LogP contribution in [0.4, 0.5) is 0 Å². The lowest BCUT2D eigenvalue weighted by Gasteiger charge is -2.23. The Morgan fingerprint density at radius 2 is 2.00 bits per heavy atom. The van der Waals surface area contributed by atoms with Crippen molar-refractivity contribution < 1.29 is 4.79 Å². The van der Waals surface area contributed by atoms with Gasteiger partial charge in [0.15, 0.2) is 0 Å². The molecule has 104 valence electrons. The van der Waals surface area contributed by atoms with Gasteiger partial charge in [-0.1, -0.05) is 53.6 Å². The third kappa shape index (κ3) is 4.91. The zero-order valence-electron chi connectivity index (χ0n) is 11.2. The van der Waals surface area contributed by atoms with E-state index in [2.05, 4.69) is 15.9 Å². The van der Waals surface area contributed by atoms with Gasteiger partial charge in [0, 0.05) is 18.1 Å². The van der Waals surface area contributed by atoms with Crippen molar-refractivity contribution in [1.29, 1.82) is 0 Å². The summed E-state index contributed by atoms with van der Waals surface area (Å²) in [5.41, 5.74) is 6.73. The Morgan fingerprint density at radius 1 is 1.42 bits per heavy atom. The Morgan fingerprint density at radius 3 is 2.47 bits per heavy atom. The molecule has 1 aromatic carbocycles. The summed E-state index contributed by atoms with van der Waals surface area (Å²) in [5, 5.41) is 0. The molecule has 0 aliphatic heterocycles. The van der Waals surface area contributed by atoms with Gasteiger partial charge in [-0.25, -0.2) is 0 Å². The zero-order valence-corrected chi connectivity index (χ0v) is 13.6. The molecule has 2 N–H and O–H groups in total. The highest BCUT2D eigenvalue weighted by atomic mass is 79.9. The average Bonchev–Trinajstić information content (AvgIpc) is 2.37. The Balaban J connectivity index is 2.70. The lowest BCUT2D eigenvalue weighted by atomic mass is 10.0. The smallest absolute Gasteiger partial charge is 0.232 e. The van der Waals surface area contributed by atoms with E-state index in [9.17, 15) is 4.79 Å². The molecule has 1 rings (SSSR count). The first kappa shape index (κ1) is 16.1. The van der Waals surface area contributed by atoms with Gasteiger partial charge < -0.3 is 10.6 Å². The van der Waals surface area contributed by atoms with Crippen LogP contribution in [0.1, 0.15) is 25.3 Å². The van der Waals surface area contributed by atoms with E-state index in [1.54, 1.807) is 11.9 Å². The number of nitrogens with zero attached hydrogens (tertiary/aromatic N) is 1. The maximum Gasteiger partial charge on any atom is 0.232 e. The molecule has 0 saturated carbocycles. The number of thiocarbonyl (C=S) groups is 1. The van der Waals surface area contributed by atoms with Crippen molar-refractivity contribution in [2.45, 2.75) is 26.3 Å². The Bertz CT molecular complexity index is 447. The summed E-state index contributed by atoms with van der Waals surface area (Å²) < 4.78 is 1.03. The second kappa shape index (κ2) is 7.60. The van der Waals surface area contributed by atoms with E-state index >= 15 is 0 Å². The first-order chi connectivity index (χ1) is 8.95. The number of hydrogen-bond donors (Lipinski definition) is 1. The zero-order chi connectivity index (χ0) is 14.4. The molecule has 1 aromatic rings. The van der Waals surface area contributed by atoms with Crippen LogP contribution in [0.2, 0.25) is 0 Å². The maximum atomic E-state index is 12.3. The number of amides is 1. The van der Waals surface area contributed by atoms with E-state index in [1.807, 2.05) is 31.2 Å². The fraction of sp³-hybridized carbons (Fsp3) is 0.429. The lowest BCUT2D eigenvalue weighted by molar-refractivity contribution is -0.132. The Labute approximate surface area is 128 Å².